The molecule has 6 unspecified atom stereocenters. The number of hydrogen-bond acceptors (Lipinski definition) is 8. The predicted molar refractivity (Wildman–Crippen MR) is 172 cm³/mol. The molecular formula is C37H29N3O7. The molecule has 2 saturated carbocycles. The lowest BCUT2D eigenvalue weighted by Crippen LogP contribution is -2.40. The number of pyridine rings is 1. The number of aromatic nitrogens is 1. The van der Waals surface area contributed by atoms with Gasteiger partial charge in [-0.15, -0.1) is 0 Å². The van der Waals surface area contributed by atoms with Crippen LogP contribution in [0.3, 0.4) is 0 Å². The highest BCUT2D eigenvalue weighted by Gasteiger charge is 2.67. The first-order valence-electron chi connectivity index (χ1n) is 15.6. The number of anilines is 1. The fourth-order valence-electron chi connectivity index (χ4n) is 7.92. The number of nitro groups is 1. The minimum Gasteiger partial charge on any atom is -0.454 e. The van der Waals surface area contributed by atoms with Crippen molar-refractivity contribution >= 4 is 45.8 Å². The summed E-state index contributed by atoms with van der Waals surface area (Å²) in [7, 11) is 0. The Labute approximate surface area is 269 Å². The minimum atomic E-state index is -0.743. The van der Waals surface area contributed by atoms with Crippen LogP contribution in [0, 0.1) is 59.5 Å². The number of aryl methyl sites for hydroxylation is 2. The number of imide groups is 1. The summed E-state index contributed by atoms with van der Waals surface area (Å²) >= 11 is 0. The van der Waals surface area contributed by atoms with Crippen molar-refractivity contribution in [2.24, 2.45) is 35.5 Å². The van der Waals surface area contributed by atoms with Crippen LogP contribution in [0.15, 0.2) is 78.9 Å². The highest BCUT2D eigenvalue weighted by atomic mass is 16.6. The van der Waals surface area contributed by atoms with Crippen molar-refractivity contribution in [1.82, 2.24) is 4.98 Å². The van der Waals surface area contributed by atoms with Crippen molar-refractivity contribution in [3.63, 3.8) is 0 Å². The molecule has 6 atom stereocenters. The van der Waals surface area contributed by atoms with E-state index < -0.39 is 23.3 Å². The maximum absolute atomic E-state index is 13.6. The van der Waals surface area contributed by atoms with Crippen LogP contribution in [0.5, 0.6) is 0 Å². The molecule has 5 aliphatic rings. The Hall–Kier alpha value is -5.51. The first-order valence-corrected chi connectivity index (χ1v) is 15.6. The average Bonchev–Trinajstić information content (AvgIpc) is 3.85. The largest absolute Gasteiger partial charge is 0.454 e. The number of hydrogen-bond donors (Lipinski definition) is 0. The molecule has 2 heterocycles. The highest BCUT2D eigenvalue weighted by Crippen LogP contribution is 2.65. The van der Waals surface area contributed by atoms with Gasteiger partial charge in [-0.1, -0.05) is 48.0 Å². The van der Waals surface area contributed by atoms with E-state index in [0.717, 1.165) is 12.0 Å². The number of Topliss-reactive ketones (excluding diaryl/α,β-unsaturated/α-hetero) is 1. The lowest BCUT2D eigenvalue weighted by atomic mass is 9.63. The van der Waals surface area contributed by atoms with Gasteiger partial charge in [-0.2, -0.15) is 0 Å². The first-order chi connectivity index (χ1) is 22.6. The number of carbonyl (C=O) groups is 4. The number of nitrogens with zero attached hydrogens (tertiary/aromatic N) is 3. The van der Waals surface area contributed by atoms with Crippen LogP contribution in [0.4, 0.5) is 11.4 Å². The lowest BCUT2D eigenvalue weighted by molar-refractivity contribution is -0.385. The lowest BCUT2D eigenvalue weighted by Gasteiger charge is -2.37. The summed E-state index contributed by atoms with van der Waals surface area (Å²) in [5.41, 5.74) is 3.58. The number of allylic oxidation sites excluding steroid dienone is 2. The molecule has 3 aromatic carbocycles. The third-order valence-corrected chi connectivity index (χ3v) is 10.3. The Morgan fingerprint density at radius 1 is 0.915 bits per heavy atom. The van der Waals surface area contributed by atoms with Gasteiger partial charge in [0.25, 0.3) is 5.69 Å². The smallest absolute Gasteiger partial charge is 0.339 e. The zero-order valence-corrected chi connectivity index (χ0v) is 25.6. The number of ether oxygens (including phenoxy) is 1. The van der Waals surface area contributed by atoms with E-state index >= 15 is 0 Å². The minimum absolute atomic E-state index is 0.0706. The Balaban J connectivity index is 1.06. The van der Waals surface area contributed by atoms with E-state index in [0.29, 0.717) is 45.2 Å². The van der Waals surface area contributed by atoms with Gasteiger partial charge in [0.15, 0.2) is 6.61 Å². The molecule has 3 fully saturated rings. The van der Waals surface area contributed by atoms with Crippen molar-refractivity contribution in [2.45, 2.75) is 20.3 Å². The molecule has 0 spiro atoms. The van der Waals surface area contributed by atoms with Gasteiger partial charge in [0.1, 0.15) is 0 Å². The third kappa shape index (κ3) is 4.58. The number of rotatable bonds is 7. The van der Waals surface area contributed by atoms with Gasteiger partial charge in [0, 0.05) is 28.1 Å². The fraction of sp³-hybridized carbons (Fsp3) is 0.270. The molecular weight excluding hydrogens is 598 g/mol. The number of carbonyl (C=O) groups excluding carboxylic acids is 4. The molecule has 1 aromatic heterocycles. The van der Waals surface area contributed by atoms with Gasteiger partial charge in [-0.3, -0.25) is 29.4 Å². The maximum atomic E-state index is 13.6. The Kier molecular flexibility index (Phi) is 6.47. The molecule has 4 aromatic rings. The molecule has 47 heavy (non-hydrogen) atoms. The average molecular weight is 628 g/mol. The topological polar surface area (TPSA) is 137 Å². The predicted octanol–water partition coefficient (Wildman–Crippen LogP) is 6.02. The molecule has 9 rings (SSSR count). The second-order valence-electron chi connectivity index (χ2n) is 13.0. The summed E-state index contributed by atoms with van der Waals surface area (Å²) in [6, 6.07) is 18.2. The Morgan fingerprint density at radius 3 is 2.26 bits per heavy atom. The zero-order chi connectivity index (χ0) is 32.7. The number of amides is 2. The van der Waals surface area contributed by atoms with Crippen LogP contribution >= 0.6 is 0 Å². The fourth-order valence-corrected chi connectivity index (χ4v) is 7.92. The first kappa shape index (κ1) is 28.9. The maximum Gasteiger partial charge on any atom is 0.339 e. The molecule has 234 valence electrons. The van der Waals surface area contributed by atoms with E-state index in [9.17, 15) is 29.3 Å². The van der Waals surface area contributed by atoms with E-state index in [4.69, 9.17) is 9.72 Å². The number of nitro benzene ring substituents is 1. The van der Waals surface area contributed by atoms with Gasteiger partial charge in [-0.25, -0.2) is 9.78 Å². The van der Waals surface area contributed by atoms with E-state index in [1.807, 2.05) is 19.1 Å². The third-order valence-electron chi connectivity index (χ3n) is 10.3. The zero-order valence-electron chi connectivity index (χ0n) is 25.6. The van der Waals surface area contributed by atoms with E-state index in [1.54, 1.807) is 43.3 Å². The van der Waals surface area contributed by atoms with E-state index in [2.05, 4.69) is 12.2 Å². The van der Waals surface area contributed by atoms with Crippen molar-refractivity contribution in [1.29, 1.82) is 0 Å². The molecule has 0 N–H and O–H groups in total. The summed E-state index contributed by atoms with van der Waals surface area (Å²) in [6.45, 7) is 2.86. The highest BCUT2D eigenvalue weighted by molar-refractivity contribution is 6.22. The monoisotopic (exact) mass is 627 g/mol. The standard InChI is InChI=1S/C37H29N3O7/c1-18-3-12-29-27(13-18)28(37(44)47-17-32(41)21-5-4-19(2)31(14-21)40(45)46)16-30(38-29)20-6-8-22(9-7-20)39-35(42)33-23-10-11-24(26-15-25(23)26)34(33)36(39)43/h3-14,16,23-26,33-34H,15,17H2,1-2H3. The number of ketones is 1. The molecule has 1 aliphatic heterocycles. The van der Waals surface area contributed by atoms with Crippen LogP contribution in [0.1, 0.15) is 38.3 Å². The second kappa shape index (κ2) is 10.5. The van der Waals surface area contributed by atoms with Gasteiger partial charge < -0.3 is 4.74 Å². The van der Waals surface area contributed by atoms with Crippen molar-refractivity contribution < 1.29 is 28.8 Å². The SMILES string of the molecule is Cc1ccc2nc(-c3ccc(N4C(=O)C5C6C=CC(C7CC67)C5C4=O)cc3)cc(C(=O)OCC(=O)c3ccc(C)c([N+](=O)[O-])c3)c2c1. The van der Waals surface area contributed by atoms with Crippen LogP contribution in [-0.4, -0.2) is 40.1 Å². The molecule has 1 saturated heterocycles. The van der Waals surface area contributed by atoms with E-state index in [-0.39, 0.29) is 52.3 Å². The molecule has 2 amide bonds. The van der Waals surface area contributed by atoms with Crippen LogP contribution < -0.4 is 4.90 Å². The normalized spacial score (nSPS) is 25.1. The van der Waals surface area contributed by atoms with Gasteiger partial charge in [0.05, 0.1) is 39.2 Å². The quantitative estimate of drug-likeness (QED) is 0.0606. The molecule has 10 heteroatoms. The van der Waals surface area contributed by atoms with Gasteiger partial charge in [-0.05, 0) is 74.3 Å². The summed E-state index contributed by atoms with van der Waals surface area (Å²) in [4.78, 5) is 70.3. The Morgan fingerprint density at radius 2 is 1.60 bits per heavy atom. The van der Waals surface area contributed by atoms with Gasteiger partial charge in [0.2, 0.25) is 17.6 Å². The number of esters is 1. The summed E-state index contributed by atoms with van der Waals surface area (Å²) in [5.74, 6) is -0.803. The summed E-state index contributed by atoms with van der Waals surface area (Å²) in [5, 5.41) is 11.9. The molecule has 0 radical (unpaired) electrons. The molecule has 2 bridgehead atoms. The summed E-state index contributed by atoms with van der Waals surface area (Å²) < 4.78 is 5.43. The van der Waals surface area contributed by atoms with Crippen LogP contribution in [0.2, 0.25) is 0 Å². The van der Waals surface area contributed by atoms with Crippen molar-refractivity contribution in [3.8, 4) is 11.3 Å². The van der Waals surface area contributed by atoms with Crippen LogP contribution in [0.25, 0.3) is 22.2 Å². The van der Waals surface area contributed by atoms with Crippen molar-refractivity contribution in [2.75, 3.05) is 11.5 Å². The van der Waals surface area contributed by atoms with Crippen LogP contribution in [-0.2, 0) is 14.3 Å². The molecule has 4 aliphatic carbocycles. The molecule has 10 nitrogen and oxygen atoms in total. The second-order valence-corrected chi connectivity index (χ2v) is 13.0. The van der Waals surface area contributed by atoms with Crippen molar-refractivity contribution in [3.05, 3.63) is 111 Å². The summed E-state index contributed by atoms with van der Waals surface area (Å²) in [6.07, 6.45) is 5.40. The van der Waals surface area contributed by atoms with E-state index in [1.165, 1.54) is 23.1 Å². The number of benzene rings is 3. The number of fused-ring (bicyclic) bond motifs is 1. The van der Waals surface area contributed by atoms with Gasteiger partial charge >= 0.3 is 5.97 Å². The Bertz CT molecular complexity index is 2070.